The maximum absolute atomic E-state index is 6.13. The van der Waals surface area contributed by atoms with Crippen LogP contribution in [0.25, 0.3) is 0 Å². The van der Waals surface area contributed by atoms with Crippen LogP contribution in [0.5, 0.6) is 0 Å². The molecule has 0 bridgehead atoms. The molecule has 4 atom stereocenters. The van der Waals surface area contributed by atoms with Crippen molar-refractivity contribution in [1.82, 2.24) is 0 Å². The van der Waals surface area contributed by atoms with Gasteiger partial charge in [0.05, 0.1) is 6.61 Å². The highest BCUT2D eigenvalue weighted by molar-refractivity contribution is 5.25. The minimum Gasteiger partial charge on any atom is -0.375 e. The first-order chi connectivity index (χ1) is 9.46. The Balaban J connectivity index is 1.94. The predicted octanol–water partition coefficient (Wildman–Crippen LogP) is 2.47. The Bertz CT molecular complexity index is 473. The van der Waals surface area contributed by atoms with E-state index >= 15 is 0 Å². The normalized spacial score (nSPS) is 39.5. The highest BCUT2D eigenvalue weighted by Crippen LogP contribution is 2.43. The van der Waals surface area contributed by atoms with Gasteiger partial charge in [-0.05, 0) is 26.3 Å². The minimum absolute atomic E-state index is 0.0771. The zero-order valence-electron chi connectivity index (χ0n) is 12.5. The van der Waals surface area contributed by atoms with Crippen LogP contribution in [0.1, 0.15) is 26.3 Å². The second-order valence-electron chi connectivity index (χ2n) is 6.08. The molecule has 0 radical (unpaired) electrons. The molecule has 0 N–H and O–H groups in total. The topological polar surface area (TPSA) is 36.9 Å². The van der Waals surface area contributed by atoms with Crippen LogP contribution < -0.4 is 0 Å². The molecule has 110 valence electrons. The summed E-state index contributed by atoms with van der Waals surface area (Å²) in [6, 6.07) is 10.1. The van der Waals surface area contributed by atoms with Gasteiger partial charge in [-0.3, -0.25) is 0 Å². The maximum atomic E-state index is 6.13. The monoisotopic (exact) mass is 278 g/mol. The highest BCUT2D eigenvalue weighted by atomic mass is 16.8. The molecule has 0 aromatic heterocycles. The molecule has 0 amide bonds. The van der Waals surface area contributed by atoms with Crippen molar-refractivity contribution in [3.63, 3.8) is 0 Å². The van der Waals surface area contributed by atoms with Crippen LogP contribution in [0.2, 0.25) is 0 Å². The summed E-state index contributed by atoms with van der Waals surface area (Å²) in [5.74, 6) is -0.586. The second kappa shape index (κ2) is 4.81. The average molecular weight is 278 g/mol. The maximum Gasteiger partial charge on any atom is 0.164 e. The summed E-state index contributed by atoms with van der Waals surface area (Å²) in [4.78, 5) is 0. The highest BCUT2D eigenvalue weighted by Gasteiger charge is 2.56. The first kappa shape index (κ1) is 14.0. The molecule has 2 heterocycles. The zero-order valence-corrected chi connectivity index (χ0v) is 12.5. The summed E-state index contributed by atoms with van der Waals surface area (Å²) < 4.78 is 23.8. The van der Waals surface area contributed by atoms with Crippen molar-refractivity contribution in [3.05, 3.63) is 35.9 Å². The third-order valence-electron chi connectivity index (χ3n) is 4.21. The summed E-state index contributed by atoms with van der Waals surface area (Å²) in [6.45, 7) is 6.43. The number of ether oxygens (including phenoxy) is 4. The number of hydrogen-bond acceptors (Lipinski definition) is 4. The van der Waals surface area contributed by atoms with Gasteiger partial charge in [-0.15, -0.1) is 0 Å². The van der Waals surface area contributed by atoms with E-state index in [1.54, 1.807) is 7.11 Å². The zero-order chi connectivity index (χ0) is 14.4. The van der Waals surface area contributed by atoms with Gasteiger partial charge in [0.15, 0.2) is 5.79 Å². The van der Waals surface area contributed by atoms with E-state index in [1.165, 1.54) is 0 Å². The molecule has 20 heavy (non-hydrogen) atoms. The van der Waals surface area contributed by atoms with E-state index in [0.717, 1.165) is 5.56 Å². The van der Waals surface area contributed by atoms with E-state index < -0.39 is 11.4 Å². The second-order valence-corrected chi connectivity index (χ2v) is 6.08. The van der Waals surface area contributed by atoms with Gasteiger partial charge in [0.1, 0.15) is 23.9 Å². The average Bonchev–Trinajstić information content (AvgIpc) is 2.74. The molecule has 2 fully saturated rings. The van der Waals surface area contributed by atoms with Crippen LogP contribution >= 0.6 is 0 Å². The van der Waals surface area contributed by atoms with Crippen molar-refractivity contribution in [3.8, 4) is 0 Å². The van der Waals surface area contributed by atoms with E-state index in [-0.39, 0.29) is 18.3 Å². The van der Waals surface area contributed by atoms with E-state index in [2.05, 4.69) is 19.1 Å². The van der Waals surface area contributed by atoms with Gasteiger partial charge >= 0.3 is 0 Å². The summed E-state index contributed by atoms with van der Waals surface area (Å²) in [7, 11) is 1.70. The van der Waals surface area contributed by atoms with Crippen LogP contribution in [0.15, 0.2) is 30.3 Å². The van der Waals surface area contributed by atoms with Gasteiger partial charge in [-0.2, -0.15) is 0 Å². The van der Waals surface area contributed by atoms with E-state index in [0.29, 0.717) is 6.61 Å². The molecule has 0 saturated carbocycles. The molecule has 1 aromatic rings. The SMILES string of the molecule is CO[C@@H]1[C@H]2OC(C)(C)O[C@H]2COC1(C)c1ccccc1. The lowest BCUT2D eigenvalue weighted by molar-refractivity contribution is -0.217. The Hall–Kier alpha value is -0.940. The molecule has 2 saturated heterocycles. The first-order valence-corrected chi connectivity index (χ1v) is 7.04. The smallest absolute Gasteiger partial charge is 0.164 e. The summed E-state index contributed by atoms with van der Waals surface area (Å²) in [6.07, 6.45) is -0.397. The quantitative estimate of drug-likeness (QED) is 0.833. The standard InChI is InChI=1S/C16H22O4/c1-15(2)19-12-10-18-16(3,11-8-6-5-7-9-11)14(17-4)13(12)20-15/h5-9,12-14H,10H2,1-4H3/t12-,13-,14+,16?/m0/s1. The number of hydrogen-bond donors (Lipinski definition) is 0. The Morgan fingerprint density at radius 2 is 1.80 bits per heavy atom. The lowest BCUT2D eigenvalue weighted by atomic mass is 9.83. The van der Waals surface area contributed by atoms with Gasteiger partial charge < -0.3 is 18.9 Å². The van der Waals surface area contributed by atoms with E-state index in [1.807, 2.05) is 32.0 Å². The van der Waals surface area contributed by atoms with Crippen molar-refractivity contribution in [2.75, 3.05) is 13.7 Å². The fourth-order valence-corrected chi connectivity index (χ4v) is 3.28. The molecule has 2 aliphatic rings. The van der Waals surface area contributed by atoms with Crippen molar-refractivity contribution in [2.24, 2.45) is 0 Å². The van der Waals surface area contributed by atoms with Crippen molar-refractivity contribution < 1.29 is 18.9 Å². The molecule has 4 nitrogen and oxygen atoms in total. The summed E-state index contributed by atoms with van der Waals surface area (Å²) in [5, 5.41) is 0. The first-order valence-electron chi connectivity index (χ1n) is 7.04. The van der Waals surface area contributed by atoms with Crippen LogP contribution in [0.4, 0.5) is 0 Å². The Labute approximate surface area is 120 Å². The fraction of sp³-hybridized carbons (Fsp3) is 0.625. The summed E-state index contributed by atoms with van der Waals surface area (Å²) >= 11 is 0. The Morgan fingerprint density at radius 3 is 2.45 bits per heavy atom. The van der Waals surface area contributed by atoms with Gasteiger partial charge in [0.2, 0.25) is 0 Å². The van der Waals surface area contributed by atoms with Gasteiger partial charge in [0.25, 0.3) is 0 Å². The minimum atomic E-state index is -0.586. The number of methoxy groups -OCH3 is 1. The Morgan fingerprint density at radius 1 is 1.10 bits per heavy atom. The van der Waals surface area contributed by atoms with Crippen LogP contribution in [-0.4, -0.2) is 37.8 Å². The number of fused-ring (bicyclic) bond motifs is 1. The number of rotatable bonds is 2. The van der Waals surface area contributed by atoms with Crippen LogP contribution in [0.3, 0.4) is 0 Å². The molecule has 2 aliphatic heterocycles. The molecule has 0 aliphatic carbocycles. The molecule has 4 heteroatoms. The Kier molecular flexibility index (Phi) is 3.37. The fourth-order valence-electron chi connectivity index (χ4n) is 3.28. The molecular weight excluding hydrogens is 256 g/mol. The third-order valence-corrected chi connectivity index (χ3v) is 4.21. The third kappa shape index (κ3) is 2.17. The van der Waals surface area contributed by atoms with Gasteiger partial charge in [-0.25, -0.2) is 0 Å². The largest absolute Gasteiger partial charge is 0.375 e. The van der Waals surface area contributed by atoms with Gasteiger partial charge in [-0.1, -0.05) is 30.3 Å². The molecule has 1 unspecified atom stereocenters. The lowest BCUT2D eigenvalue weighted by Crippen LogP contribution is -2.57. The molecule has 1 aromatic carbocycles. The van der Waals surface area contributed by atoms with Gasteiger partial charge in [0, 0.05) is 7.11 Å². The lowest BCUT2D eigenvalue weighted by Gasteiger charge is -2.45. The van der Waals surface area contributed by atoms with Crippen LogP contribution in [0, 0.1) is 0 Å². The van der Waals surface area contributed by atoms with Crippen molar-refractivity contribution in [1.29, 1.82) is 0 Å². The van der Waals surface area contributed by atoms with Crippen molar-refractivity contribution >= 4 is 0 Å². The van der Waals surface area contributed by atoms with E-state index in [4.69, 9.17) is 18.9 Å². The molecule has 3 rings (SSSR count). The predicted molar refractivity (Wildman–Crippen MR) is 74.4 cm³/mol. The molecular formula is C16H22O4. The van der Waals surface area contributed by atoms with Crippen LogP contribution in [-0.2, 0) is 24.5 Å². The molecule has 0 spiro atoms. The van der Waals surface area contributed by atoms with E-state index in [9.17, 15) is 0 Å². The van der Waals surface area contributed by atoms with Crippen molar-refractivity contribution in [2.45, 2.75) is 50.5 Å². The summed E-state index contributed by atoms with van der Waals surface area (Å²) in [5.41, 5.74) is 0.569. The number of benzene rings is 1.